The predicted octanol–water partition coefficient (Wildman–Crippen LogP) is 1.26. The molecule has 0 bridgehead atoms. The summed E-state index contributed by atoms with van der Waals surface area (Å²) in [4.78, 5) is -0.129. The van der Waals surface area contributed by atoms with E-state index in [0.29, 0.717) is 6.61 Å². The SMILES string of the molecule is C=CCCOCCNS(=O)(=O)c1ccccc1O. The Kier molecular flexibility index (Phi) is 5.84. The smallest absolute Gasteiger partial charge is 0.244 e. The fourth-order valence-corrected chi connectivity index (χ4v) is 2.39. The number of benzene rings is 1. The number of nitrogens with one attached hydrogen (secondary N) is 1. The zero-order valence-corrected chi connectivity index (χ0v) is 10.8. The van der Waals surface area contributed by atoms with E-state index >= 15 is 0 Å². The lowest BCUT2D eigenvalue weighted by atomic mass is 10.3. The van der Waals surface area contributed by atoms with Gasteiger partial charge in [-0.1, -0.05) is 18.2 Å². The Hall–Kier alpha value is -1.37. The van der Waals surface area contributed by atoms with E-state index in [-0.39, 0.29) is 23.8 Å². The first-order valence-corrected chi connectivity index (χ1v) is 7.02. The molecule has 0 atom stereocenters. The fourth-order valence-electron chi connectivity index (χ4n) is 1.28. The van der Waals surface area contributed by atoms with Crippen molar-refractivity contribution >= 4 is 10.0 Å². The van der Waals surface area contributed by atoms with Crippen LogP contribution < -0.4 is 4.72 Å². The maximum absolute atomic E-state index is 11.8. The lowest BCUT2D eigenvalue weighted by Crippen LogP contribution is -2.27. The highest BCUT2D eigenvalue weighted by Crippen LogP contribution is 2.20. The molecule has 0 amide bonds. The van der Waals surface area contributed by atoms with Crippen molar-refractivity contribution in [3.05, 3.63) is 36.9 Å². The average molecular weight is 271 g/mol. The minimum absolute atomic E-state index is 0.129. The normalized spacial score (nSPS) is 11.3. The Bertz CT molecular complexity index is 485. The summed E-state index contributed by atoms with van der Waals surface area (Å²) in [7, 11) is -3.68. The lowest BCUT2D eigenvalue weighted by molar-refractivity contribution is 0.144. The van der Waals surface area contributed by atoms with E-state index in [1.54, 1.807) is 18.2 Å². The van der Waals surface area contributed by atoms with E-state index in [1.807, 2.05) is 0 Å². The van der Waals surface area contributed by atoms with Gasteiger partial charge in [0.25, 0.3) is 0 Å². The van der Waals surface area contributed by atoms with Gasteiger partial charge in [-0.3, -0.25) is 0 Å². The highest BCUT2D eigenvalue weighted by atomic mass is 32.2. The molecule has 0 aliphatic heterocycles. The van der Waals surface area contributed by atoms with Crippen molar-refractivity contribution in [1.82, 2.24) is 4.72 Å². The number of sulfonamides is 1. The minimum atomic E-state index is -3.68. The van der Waals surface area contributed by atoms with Crippen molar-refractivity contribution in [3.63, 3.8) is 0 Å². The lowest BCUT2D eigenvalue weighted by Gasteiger charge is -2.08. The molecule has 2 N–H and O–H groups in total. The van der Waals surface area contributed by atoms with Gasteiger partial charge >= 0.3 is 0 Å². The minimum Gasteiger partial charge on any atom is -0.507 e. The molecule has 5 nitrogen and oxygen atoms in total. The van der Waals surface area contributed by atoms with Crippen LogP contribution in [-0.4, -0.2) is 33.3 Å². The molecule has 6 heteroatoms. The van der Waals surface area contributed by atoms with E-state index < -0.39 is 10.0 Å². The Morgan fingerprint density at radius 3 is 2.72 bits per heavy atom. The van der Waals surface area contributed by atoms with E-state index in [4.69, 9.17) is 4.74 Å². The standard InChI is InChI=1S/C12H17NO4S/c1-2-3-9-17-10-8-13-18(15,16)12-7-5-4-6-11(12)14/h2,4-7,13-14H,1,3,8-10H2. The molecule has 0 aliphatic rings. The summed E-state index contributed by atoms with van der Waals surface area (Å²) in [5.74, 6) is -0.266. The molecule has 0 radical (unpaired) electrons. The Morgan fingerprint density at radius 1 is 1.33 bits per heavy atom. The van der Waals surface area contributed by atoms with E-state index in [9.17, 15) is 13.5 Å². The molecule has 0 aromatic heterocycles. The molecule has 0 saturated carbocycles. The molecule has 1 rings (SSSR count). The molecule has 0 heterocycles. The van der Waals surface area contributed by atoms with Gasteiger partial charge in [-0.2, -0.15) is 0 Å². The van der Waals surface area contributed by atoms with Crippen LogP contribution in [0.4, 0.5) is 0 Å². The first kappa shape index (κ1) is 14.7. The van der Waals surface area contributed by atoms with Gasteiger partial charge in [0, 0.05) is 6.54 Å². The molecule has 0 spiro atoms. The van der Waals surface area contributed by atoms with Crippen LogP contribution in [0.3, 0.4) is 0 Å². The van der Waals surface area contributed by atoms with Crippen molar-refractivity contribution < 1.29 is 18.3 Å². The van der Waals surface area contributed by atoms with Crippen molar-refractivity contribution in [3.8, 4) is 5.75 Å². The quantitative estimate of drug-likeness (QED) is 0.551. The third-order valence-electron chi connectivity index (χ3n) is 2.16. The molecular weight excluding hydrogens is 254 g/mol. The number of para-hydroxylation sites is 1. The molecule has 18 heavy (non-hydrogen) atoms. The summed E-state index contributed by atoms with van der Waals surface area (Å²) in [5, 5.41) is 9.46. The van der Waals surface area contributed by atoms with Crippen molar-refractivity contribution in [2.75, 3.05) is 19.8 Å². The Morgan fingerprint density at radius 2 is 2.06 bits per heavy atom. The van der Waals surface area contributed by atoms with Gasteiger partial charge in [-0.15, -0.1) is 6.58 Å². The highest BCUT2D eigenvalue weighted by Gasteiger charge is 2.16. The van der Waals surface area contributed by atoms with Crippen LogP contribution in [-0.2, 0) is 14.8 Å². The molecule has 0 aliphatic carbocycles. The Labute approximate surface area is 107 Å². The van der Waals surface area contributed by atoms with Crippen LogP contribution in [0.5, 0.6) is 5.75 Å². The molecular formula is C12H17NO4S. The van der Waals surface area contributed by atoms with Crippen LogP contribution in [0.25, 0.3) is 0 Å². The summed E-state index contributed by atoms with van der Waals surface area (Å²) in [6.45, 7) is 4.50. The molecule has 1 aromatic rings. The fraction of sp³-hybridized carbons (Fsp3) is 0.333. The summed E-state index contributed by atoms with van der Waals surface area (Å²) < 4.78 is 31.1. The maximum atomic E-state index is 11.8. The van der Waals surface area contributed by atoms with Crippen LogP contribution in [0.15, 0.2) is 41.8 Å². The summed E-state index contributed by atoms with van der Waals surface area (Å²) in [6, 6.07) is 5.78. The van der Waals surface area contributed by atoms with Gasteiger partial charge in [0.05, 0.1) is 13.2 Å². The summed E-state index contributed by atoms with van der Waals surface area (Å²) in [6.07, 6.45) is 2.46. The first-order chi connectivity index (χ1) is 8.58. The molecule has 100 valence electrons. The van der Waals surface area contributed by atoms with Crippen LogP contribution in [0.2, 0.25) is 0 Å². The van der Waals surface area contributed by atoms with Crippen molar-refractivity contribution in [2.45, 2.75) is 11.3 Å². The first-order valence-electron chi connectivity index (χ1n) is 5.54. The zero-order valence-electron chi connectivity index (χ0n) is 10.0. The average Bonchev–Trinajstić information content (AvgIpc) is 2.34. The van der Waals surface area contributed by atoms with E-state index in [2.05, 4.69) is 11.3 Å². The van der Waals surface area contributed by atoms with Gasteiger partial charge in [-0.25, -0.2) is 13.1 Å². The number of aromatic hydroxyl groups is 1. The highest BCUT2D eigenvalue weighted by molar-refractivity contribution is 7.89. The summed E-state index contributed by atoms with van der Waals surface area (Å²) >= 11 is 0. The van der Waals surface area contributed by atoms with E-state index in [1.165, 1.54) is 12.1 Å². The van der Waals surface area contributed by atoms with Crippen molar-refractivity contribution in [1.29, 1.82) is 0 Å². The topological polar surface area (TPSA) is 75.6 Å². The summed E-state index contributed by atoms with van der Waals surface area (Å²) in [5.41, 5.74) is 0. The number of phenols is 1. The molecule has 0 unspecified atom stereocenters. The van der Waals surface area contributed by atoms with Crippen LogP contribution in [0, 0.1) is 0 Å². The van der Waals surface area contributed by atoms with Gasteiger partial charge in [0.1, 0.15) is 10.6 Å². The monoisotopic (exact) mass is 271 g/mol. The number of hydrogen-bond acceptors (Lipinski definition) is 4. The number of phenolic OH excluding ortho intramolecular Hbond substituents is 1. The number of hydrogen-bond donors (Lipinski definition) is 2. The van der Waals surface area contributed by atoms with Gasteiger partial charge in [-0.05, 0) is 18.6 Å². The third kappa shape index (κ3) is 4.48. The Balaban J connectivity index is 2.46. The second-order valence-electron chi connectivity index (χ2n) is 3.56. The maximum Gasteiger partial charge on any atom is 0.244 e. The second-order valence-corrected chi connectivity index (χ2v) is 5.29. The largest absolute Gasteiger partial charge is 0.507 e. The zero-order chi connectivity index (χ0) is 13.4. The van der Waals surface area contributed by atoms with Gasteiger partial charge < -0.3 is 9.84 Å². The van der Waals surface area contributed by atoms with Crippen molar-refractivity contribution in [2.24, 2.45) is 0 Å². The molecule has 0 saturated heterocycles. The van der Waals surface area contributed by atoms with Crippen LogP contribution >= 0.6 is 0 Å². The molecule has 0 fully saturated rings. The van der Waals surface area contributed by atoms with Crippen LogP contribution in [0.1, 0.15) is 6.42 Å². The number of ether oxygens (including phenoxy) is 1. The number of rotatable bonds is 8. The predicted molar refractivity (Wildman–Crippen MR) is 68.9 cm³/mol. The second kappa shape index (κ2) is 7.15. The van der Waals surface area contributed by atoms with E-state index in [0.717, 1.165) is 6.42 Å². The molecule has 1 aromatic carbocycles. The third-order valence-corrected chi connectivity index (χ3v) is 3.67. The van der Waals surface area contributed by atoms with Gasteiger partial charge in [0.2, 0.25) is 10.0 Å². The van der Waals surface area contributed by atoms with Gasteiger partial charge in [0.15, 0.2) is 0 Å².